The first-order valence-electron chi connectivity index (χ1n) is 5.22. The highest BCUT2D eigenvalue weighted by atomic mass is 16.5. The van der Waals surface area contributed by atoms with Gasteiger partial charge in [0.25, 0.3) is 0 Å². The summed E-state index contributed by atoms with van der Waals surface area (Å²) in [5.41, 5.74) is 5.74. The van der Waals surface area contributed by atoms with Crippen LogP contribution in [0.2, 0.25) is 0 Å². The van der Waals surface area contributed by atoms with Crippen molar-refractivity contribution in [3.05, 3.63) is 18.2 Å². The number of methoxy groups -OCH3 is 2. The first-order chi connectivity index (χ1) is 7.56. The summed E-state index contributed by atoms with van der Waals surface area (Å²) in [4.78, 5) is 0. The van der Waals surface area contributed by atoms with Crippen LogP contribution in [0.25, 0.3) is 0 Å². The summed E-state index contributed by atoms with van der Waals surface area (Å²) in [6.45, 7) is 3.83. The zero-order valence-electron chi connectivity index (χ0n) is 10.2. The van der Waals surface area contributed by atoms with E-state index in [1.54, 1.807) is 32.4 Å². The summed E-state index contributed by atoms with van der Waals surface area (Å²) in [6.07, 6.45) is -0.0585. The van der Waals surface area contributed by atoms with Crippen molar-refractivity contribution in [3.8, 4) is 17.2 Å². The molecule has 2 N–H and O–H groups in total. The van der Waals surface area contributed by atoms with Gasteiger partial charge in [-0.3, -0.25) is 0 Å². The standard InChI is InChI=1S/C12H19NO3/c1-8(13)9(2)16-12-6-10(14-3)5-11(7-12)15-4/h5-9H,13H2,1-4H3/t8-,9?/m0/s1. The molecule has 0 heterocycles. The molecule has 4 heteroatoms. The van der Waals surface area contributed by atoms with Gasteiger partial charge in [-0.1, -0.05) is 0 Å². The van der Waals surface area contributed by atoms with Gasteiger partial charge in [-0.05, 0) is 13.8 Å². The lowest BCUT2D eigenvalue weighted by Crippen LogP contribution is -2.33. The highest BCUT2D eigenvalue weighted by Gasteiger charge is 2.10. The smallest absolute Gasteiger partial charge is 0.127 e. The normalized spacial score (nSPS) is 14.1. The predicted octanol–water partition coefficient (Wildman–Crippen LogP) is 1.82. The zero-order chi connectivity index (χ0) is 12.1. The van der Waals surface area contributed by atoms with Crippen molar-refractivity contribution in [1.29, 1.82) is 0 Å². The lowest BCUT2D eigenvalue weighted by molar-refractivity contribution is 0.195. The van der Waals surface area contributed by atoms with E-state index in [1.165, 1.54) is 0 Å². The molecule has 0 aromatic heterocycles. The van der Waals surface area contributed by atoms with Gasteiger partial charge >= 0.3 is 0 Å². The molecule has 0 fully saturated rings. The molecular formula is C12H19NO3. The van der Waals surface area contributed by atoms with E-state index in [0.717, 1.165) is 0 Å². The Labute approximate surface area is 96.3 Å². The molecule has 4 nitrogen and oxygen atoms in total. The number of rotatable bonds is 5. The monoisotopic (exact) mass is 225 g/mol. The Morgan fingerprint density at radius 1 is 0.938 bits per heavy atom. The van der Waals surface area contributed by atoms with Crippen LogP contribution in [0.15, 0.2) is 18.2 Å². The molecule has 0 radical (unpaired) electrons. The van der Waals surface area contributed by atoms with Gasteiger partial charge in [0.2, 0.25) is 0 Å². The second-order valence-electron chi connectivity index (χ2n) is 3.73. The first-order valence-corrected chi connectivity index (χ1v) is 5.22. The van der Waals surface area contributed by atoms with Gasteiger partial charge in [0.1, 0.15) is 23.4 Å². The Hall–Kier alpha value is -1.42. The number of hydrogen-bond donors (Lipinski definition) is 1. The molecule has 0 saturated carbocycles. The summed E-state index contributed by atoms with van der Waals surface area (Å²) in [6, 6.07) is 5.38. The fourth-order valence-corrected chi connectivity index (χ4v) is 1.17. The molecule has 90 valence electrons. The third-order valence-electron chi connectivity index (χ3n) is 2.39. The molecule has 1 rings (SSSR count). The average Bonchev–Trinajstić information content (AvgIpc) is 2.28. The molecule has 0 bridgehead atoms. The molecule has 0 amide bonds. The van der Waals surface area contributed by atoms with E-state index in [2.05, 4.69) is 0 Å². The van der Waals surface area contributed by atoms with Gasteiger partial charge in [-0.25, -0.2) is 0 Å². The fraction of sp³-hybridized carbons (Fsp3) is 0.500. The number of nitrogens with two attached hydrogens (primary N) is 1. The van der Waals surface area contributed by atoms with Gasteiger partial charge in [0.15, 0.2) is 0 Å². The maximum Gasteiger partial charge on any atom is 0.127 e. The van der Waals surface area contributed by atoms with Crippen LogP contribution >= 0.6 is 0 Å². The Kier molecular flexibility index (Phi) is 4.43. The van der Waals surface area contributed by atoms with Crippen LogP contribution in [-0.2, 0) is 0 Å². The largest absolute Gasteiger partial charge is 0.496 e. The highest BCUT2D eigenvalue weighted by molar-refractivity contribution is 5.42. The van der Waals surface area contributed by atoms with Gasteiger partial charge in [-0.2, -0.15) is 0 Å². The summed E-state index contributed by atoms with van der Waals surface area (Å²) in [5.74, 6) is 2.10. The quantitative estimate of drug-likeness (QED) is 0.830. The maximum atomic E-state index is 5.74. The minimum atomic E-state index is -0.0585. The van der Waals surface area contributed by atoms with Crippen molar-refractivity contribution in [1.82, 2.24) is 0 Å². The number of benzene rings is 1. The van der Waals surface area contributed by atoms with E-state index in [4.69, 9.17) is 19.9 Å². The second-order valence-corrected chi connectivity index (χ2v) is 3.73. The minimum Gasteiger partial charge on any atom is -0.496 e. The highest BCUT2D eigenvalue weighted by Crippen LogP contribution is 2.28. The predicted molar refractivity (Wildman–Crippen MR) is 63.3 cm³/mol. The van der Waals surface area contributed by atoms with Crippen molar-refractivity contribution in [2.75, 3.05) is 14.2 Å². The van der Waals surface area contributed by atoms with Crippen molar-refractivity contribution >= 4 is 0 Å². The summed E-state index contributed by atoms with van der Waals surface area (Å²) >= 11 is 0. The van der Waals surface area contributed by atoms with E-state index in [9.17, 15) is 0 Å². The van der Waals surface area contributed by atoms with E-state index in [1.807, 2.05) is 13.8 Å². The van der Waals surface area contributed by atoms with E-state index < -0.39 is 0 Å². The third-order valence-corrected chi connectivity index (χ3v) is 2.39. The second kappa shape index (κ2) is 5.61. The average molecular weight is 225 g/mol. The van der Waals surface area contributed by atoms with Gasteiger partial charge < -0.3 is 19.9 Å². The Morgan fingerprint density at radius 2 is 1.38 bits per heavy atom. The minimum absolute atomic E-state index is 0.0304. The maximum absolute atomic E-state index is 5.74. The molecule has 0 aliphatic rings. The Bertz CT molecular complexity index is 317. The Balaban J connectivity index is 2.86. The fourth-order valence-electron chi connectivity index (χ4n) is 1.17. The topological polar surface area (TPSA) is 53.7 Å². The third kappa shape index (κ3) is 3.31. The van der Waals surface area contributed by atoms with Gasteiger partial charge in [0, 0.05) is 24.2 Å². The lowest BCUT2D eigenvalue weighted by Gasteiger charge is -2.18. The molecule has 1 aromatic rings. The van der Waals surface area contributed by atoms with E-state index in [-0.39, 0.29) is 12.1 Å². The van der Waals surface area contributed by atoms with Crippen LogP contribution in [0.5, 0.6) is 17.2 Å². The van der Waals surface area contributed by atoms with Crippen LogP contribution in [-0.4, -0.2) is 26.4 Å². The van der Waals surface area contributed by atoms with Crippen LogP contribution in [0, 0.1) is 0 Å². The van der Waals surface area contributed by atoms with Gasteiger partial charge in [0.05, 0.1) is 14.2 Å². The molecule has 0 spiro atoms. The summed E-state index contributed by atoms with van der Waals surface area (Å²) < 4.78 is 16.0. The van der Waals surface area contributed by atoms with Gasteiger partial charge in [-0.15, -0.1) is 0 Å². The van der Waals surface area contributed by atoms with Crippen LogP contribution < -0.4 is 19.9 Å². The molecule has 16 heavy (non-hydrogen) atoms. The Morgan fingerprint density at radius 3 is 1.75 bits per heavy atom. The number of hydrogen-bond acceptors (Lipinski definition) is 4. The zero-order valence-corrected chi connectivity index (χ0v) is 10.2. The number of ether oxygens (including phenoxy) is 3. The molecule has 1 unspecified atom stereocenters. The lowest BCUT2D eigenvalue weighted by atomic mass is 10.2. The molecule has 2 atom stereocenters. The summed E-state index contributed by atoms with van der Waals surface area (Å²) in [7, 11) is 3.21. The van der Waals surface area contributed by atoms with Crippen LogP contribution in [0.3, 0.4) is 0 Å². The van der Waals surface area contributed by atoms with Crippen molar-refractivity contribution in [2.45, 2.75) is 26.0 Å². The molecule has 1 aromatic carbocycles. The molecule has 0 aliphatic carbocycles. The molecular weight excluding hydrogens is 206 g/mol. The van der Waals surface area contributed by atoms with Crippen molar-refractivity contribution in [2.24, 2.45) is 5.73 Å². The summed E-state index contributed by atoms with van der Waals surface area (Å²) in [5, 5.41) is 0. The SMILES string of the molecule is COc1cc(OC)cc(OC(C)[C@H](C)N)c1. The van der Waals surface area contributed by atoms with E-state index in [0.29, 0.717) is 17.2 Å². The molecule has 0 saturated heterocycles. The van der Waals surface area contributed by atoms with Crippen LogP contribution in [0.4, 0.5) is 0 Å². The molecule has 0 aliphatic heterocycles. The van der Waals surface area contributed by atoms with Crippen LogP contribution in [0.1, 0.15) is 13.8 Å². The first kappa shape index (κ1) is 12.6. The van der Waals surface area contributed by atoms with Crippen molar-refractivity contribution in [3.63, 3.8) is 0 Å². The van der Waals surface area contributed by atoms with E-state index >= 15 is 0 Å². The van der Waals surface area contributed by atoms with Crippen molar-refractivity contribution < 1.29 is 14.2 Å².